The van der Waals surface area contributed by atoms with E-state index in [-0.39, 0.29) is 5.82 Å². The molecular formula is C14H16FN3O. The molecule has 0 fully saturated rings. The Balaban J connectivity index is 1.98. The molecule has 0 radical (unpaired) electrons. The van der Waals surface area contributed by atoms with Gasteiger partial charge < -0.3 is 14.6 Å². The number of imidazole rings is 1. The number of fused-ring (bicyclic) bond motifs is 1. The van der Waals surface area contributed by atoms with Crippen LogP contribution >= 0.6 is 0 Å². The maximum absolute atomic E-state index is 13.9. The number of halogens is 1. The van der Waals surface area contributed by atoms with E-state index in [1.807, 2.05) is 12.3 Å². The van der Waals surface area contributed by atoms with E-state index in [0.717, 1.165) is 24.6 Å². The number of hydrogen-bond donors (Lipinski definition) is 1. The Morgan fingerprint density at radius 2 is 2.21 bits per heavy atom. The molecule has 1 unspecified atom stereocenters. The molecule has 0 saturated carbocycles. The number of benzene rings is 1. The lowest BCUT2D eigenvalue weighted by molar-refractivity contribution is 0.194. The Morgan fingerprint density at radius 3 is 3.00 bits per heavy atom. The molecule has 3 rings (SSSR count). The topological polar surface area (TPSA) is 41.3 Å². The van der Waals surface area contributed by atoms with Gasteiger partial charge in [-0.05, 0) is 19.1 Å². The van der Waals surface area contributed by atoms with Crippen molar-refractivity contribution in [1.29, 1.82) is 0 Å². The summed E-state index contributed by atoms with van der Waals surface area (Å²) < 4.78 is 16.0. The van der Waals surface area contributed by atoms with Crippen molar-refractivity contribution in [2.45, 2.75) is 26.1 Å². The summed E-state index contributed by atoms with van der Waals surface area (Å²) in [6, 6.07) is 4.91. The van der Waals surface area contributed by atoms with Crippen molar-refractivity contribution in [3.63, 3.8) is 0 Å². The zero-order chi connectivity index (χ0) is 13.4. The van der Waals surface area contributed by atoms with Crippen LogP contribution in [0.25, 0.3) is 0 Å². The van der Waals surface area contributed by atoms with Gasteiger partial charge in [0.2, 0.25) is 0 Å². The van der Waals surface area contributed by atoms with E-state index in [2.05, 4.69) is 14.5 Å². The molecule has 5 heteroatoms. The van der Waals surface area contributed by atoms with Gasteiger partial charge in [0.1, 0.15) is 11.6 Å². The average molecular weight is 261 g/mol. The van der Waals surface area contributed by atoms with Gasteiger partial charge in [-0.25, -0.2) is 9.37 Å². The standard InChI is InChI=1S/C14H16FN3O/c1-10(19)14-11(15)3-2-4-12(14)18-8-7-17-6-5-16-13(17)9-18/h2-6,10,19H,7-9H2,1H3. The second-order valence-electron chi connectivity index (χ2n) is 4.81. The summed E-state index contributed by atoms with van der Waals surface area (Å²) in [7, 11) is 0. The SMILES string of the molecule is CC(O)c1c(F)cccc1N1CCn2ccnc2C1. The fraction of sp³-hybridized carbons (Fsp3) is 0.357. The van der Waals surface area contributed by atoms with Gasteiger partial charge in [0.05, 0.1) is 12.6 Å². The minimum Gasteiger partial charge on any atom is -0.389 e. The summed E-state index contributed by atoms with van der Waals surface area (Å²) in [5.41, 5.74) is 1.12. The lowest BCUT2D eigenvalue weighted by Crippen LogP contribution is -2.34. The number of aromatic nitrogens is 2. The number of hydrogen-bond acceptors (Lipinski definition) is 3. The van der Waals surface area contributed by atoms with Crippen molar-refractivity contribution in [2.24, 2.45) is 0 Å². The van der Waals surface area contributed by atoms with Crippen LogP contribution in [0.2, 0.25) is 0 Å². The molecule has 1 atom stereocenters. The molecule has 19 heavy (non-hydrogen) atoms. The maximum atomic E-state index is 13.9. The van der Waals surface area contributed by atoms with Gasteiger partial charge in [0, 0.05) is 36.7 Å². The molecule has 2 aromatic rings. The van der Waals surface area contributed by atoms with Crippen LogP contribution in [0.5, 0.6) is 0 Å². The lowest BCUT2D eigenvalue weighted by atomic mass is 10.1. The number of rotatable bonds is 2. The zero-order valence-corrected chi connectivity index (χ0v) is 10.8. The van der Waals surface area contributed by atoms with E-state index in [1.54, 1.807) is 19.2 Å². The molecule has 0 spiro atoms. The molecular weight excluding hydrogens is 245 g/mol. The second kappa shape index (κ2) is 4.66. The van der Waals surface area contributed by atoms with Crippen LogP contribution in [-0.2, 0) is 13.1 Å². The van der Waals surface area contributed by atoms with Gasteiger partial charge in [-0.15, -0.1) is 0 Å². The van der Waals surface area contributed by atoms with Crippen LogP contribution in [0.4, 0.5) is 10.1 Å². The van der Waals surface area contributed by atoms with Crippen molar-refractivity contribution >= 4 is 5.69 Å². The minimum absolute atomic E-state index is 0.360. The van der Waals surface area contributed by atoms with Gasteiger partial charge in [0.25, 0.3) is 0 Å². The van der Waals surface area contributed by atoms with Crippen molar-refractivity contribution in [2.75, 3.05) is 11.4 Å². The average Bonchev–Trinajstić information content (AvgIpc) is 2.85. The van der Waals surface area contributed by atoms with E-state index in [0.29, 0.717) is 12.1 Å². The summed E-state index contributed by atoms with van der Waals surface area (Å²) in [4.78, 5) is 6.36. The molecule has 1 aliphatic rings. The number of anilines is 1. The van der Waals surface area contributed by atoms with Gasteiger partial charge >= 0.3 is 0 Å². The molecule has 100 valence electrons. The molecule has 1 N–H and O–H groups in total. The summed E-state index contributed by atoms with van der Waals surface area (Å²) in [5, 5.41) is 9.78. The highest BCUT2D eigenvalue weighted by Crippen LogP contribution is 2.30. The minimum atomic E-state index is -0.821. The first-order chi connectivity index (χ1) is 9.16. The van der Waals surface area contributed by atoms with E-state index in [9.17, 15) is 9.50 Å². The number of aliphatic hydroxyl groups is 1. The van der Waals surface area contributed by atoms with Gasteiger partial charge in [-0.3, -0.25) is 0 Å². The number of nitrogens with zero attached hydrogens (tertiary/aromatic N) is 3. The van der Waals surface area contributed by atoms with Crippen LogP contribution in [0.15, 0.2) is 30.6 Å². The summed E-state index contributed by atoms with van der Waals surface area (Å²) in [6.07, 6.45) is 2.91. The molecule has 0 bridgehead atoms. The first kappa shape index (κ1) is 12.2. The Labute approximate surface area is 111 Å². The maximum Gasteiger partial charge on any atom is 0.131 e. The third-order valence-corrected chi connectivity index (χ3v) is 3.53. The van der Waals surface area contributed by atoms with E-state index < -0.39 is 6.10 Å². The van der Waals surface area contributed by atoms with Gasteiger partial charge in [-0.1, -0.05) is 6.07 Å². The highest BCUT2D eigenvalue weighted by atomic mass is 19.1. The van der Waals surface area contributed by atoms with Crippen LogP contribution in [0, 0.1) is 5.82 Å². The smallest absolute Gasteiger partial charge is 0.131 e. The fourth-order valence-corrected chi connectivity index (χ4v) is 2.59. The Morgan fingerprint density at radius 1 is 1.37 bits per heavy atom. The summed E-state index contributed by atoms with van der Waals surface area (Å²) in [5.74, 6) is 0.605. The van der Waals surface area contributed by atoms with Crippen molar-refractivity contribution in [3.8, 4) is 0 Å². The third kappa shape index (κ3) is 2.10. The van der Waals surface area contributed by atoms with Gasteiger partial charge in [-0.2, -0.15) is 0 Å². The normalized spacial score (nSPS) is 16.3. The van der Waals surface area contributed by atoms with Crippen molar-refractivity contribution in [1.82, 2.24) is 9.55 Å². The largest absolute Gasteiger partial charge is 0.389 e. The molecule has 4 nitrogen and oxygen atoms in total. The Hall–Kier alpha value is -1.88. The number of aliphatic hydroxyl groups excluding tert-OH is 1. The van der Waals surface area contributed by atoms with E-state index >= 15 is 0 Å². The first-order valence-electron chi connectivity index (χ1n) is 6.38. The van der Waals surface area contributed by atoms with E-state index in [1.165, 1.54) is 6.07 Å². The molecule has 0 amide bonds. The Bertz CT molecular complexity index is 594. The molecule has 0 aliphatic carbocycles. The van der Waals surface area contributed by atoms with Crippen molar-refractivity contribution < 1.29 is 9.50 Å². The Kier molecular flexibility index (Phi) is 2.98. The summed E-state index contributed by atoms with van der Waals surface area (Å²) in [6.45, 7) is 3.83. The molecule has 2 heterocycles. The summed E-state index contributed by atoms with van der Waals surface area (Å²) >= 11 is 0. The first-order valence-corrected chi connectivity index (χ1v) is 6.38. The van der Waals surface area contributed by atoms with Crippen LogP contribution < -0.4 is 4.90 Å². The highest BCUT2D eigenvalue weighted by Gasteiger charge is 2.22. The molecule has 1 aliphatic heterocycles. The second-order valence-corrected chi connectivity index (χ2v) is 4.81. The zero-order valence-electron chi connectivity index (χ0n) is 10.8. The van der Waals surface area contributed by atoms with E-state index in [4.69, 9.17) is 0 Å². The quantitative estimate of drug-likeness (QED) is 0.900. The van der Waals surface area contributed by atoms with Gasteiger partial charge in [0.15, 0.2) is 0 Å². The fourth-order valence-electron chi connectivity index (χ4n) is 2.59. The van der Waals surface area contributed by atoms with Crippen molar-refractivity contribution in [3.05, 3.63) is 47.8 Å². The lowest BCUT2D eigenvalue weighted by Gasteiger charge is -2.31. The molecule has 0 saturated heterocycles. The predicted molar refractivity (Wildman–Crippen MR) is 70.3 cm³/mol. The highest BCUT2D eigenvalue weighted by molar-refractivity contribution is 5.55. The third-order valence-electron chi connectivity index (χ3n) is 3.53. The molecule has 1 aromatic heterocycles. The van der Waals surface area contributed by atoms with Crippen LogP contribution in [0.3, 0.4) is 0 Å². The monoisotopic (exact) mass is 261 g/mol. The van der Waals surface area contributed by atoms with Crippen LogP contribution in [-0.4, -0.2) is 21.2 Å². The predicted octanol–water partition coefficient (Wildman–Crippen LogP) is 2.10. The molecule has 1 aromatic carbocycles. The van der Waals surface area contributed by atoms with Crippen LogP contribution in [0.1, 0.15) is 24.4 Å².